The third-order valence-electron chi connectivity index (χ3n) is 1.87. The van der Waals surface area contributed by atoms with Gasteiger partial charge < -0.3 is 10.5 Å². The van der Waals surface area contributed by atoms with Gasteiger partial charge >= 0.3 is 0 Å². The van der Waals surface area contributed by atoms with Crippen molar-refractivity contribution in [3.63, 3.8) is 0 Å². The molecule has 78 valence electrons. The summed E-state index contributed by atoms with van der Waals surface area (Å²) in [7, 11) is 0. The Morgan fingerprint density at radius 2 is 2.40 bits per heavy atom. The quantitative estimate of drug-likeness (QED) is 0.854. The molecule has 0 amide bonds. The average Bonchev–Trinajstić information content (AvgIpc) is 2.74. The molecule has 2 rings (SSSR count). The first-order chi connectivity index (χ1) is 7.36. The molecule has 0 spiro atoms. The van der Waals surface area contributed by atoms with E-state index in [0.717, 1.165) is 6.42 Å². The molecule has 0 aliphatic heterocycles. The molecule has 4 nitrogen and oxygen atoms in total. The van der Waals surface area contributed by atoms with E-state index >= 15 is 0 Å². The lowest BCUT2D eigenvalue weighted by atomic mass is 10.4. The molecule has 0 saturated carbocycles. The fourth-order valence-electron chi connectivity index (χ4n) is 1.15. The summed E-state index contributed by atoms with van der Waals surface area (Å²) >= 11 is 1.72. The summed E-state index contributed by atoms with van der Waals surface area (Å²) < 4.78 is 5.44. The third-order valence-corrected chi connectivity index (χ3v) is 2.81. The normalized spacial score (nSPS) is 10.1. The number of aromatic nitrogens is 2. The van der Waals surface area contributed by atoms with Crippen LogP contribution in [-0.4, -0.2) is 16.6 Å². The lowest BCUT2D eigenvalue weighted by Crippen LogP contribution is -2.04. The fourth-order valence-corrected chi connectivity index (χ4v) is 1.84. The van der Waals surface area contributed by atoms with Crippen molar-refractivity contribution in [2.24, 2.45) is 0 Å². The van der Waals surface area contributed by atoms with Crippen LogP contribution in [0.15, 0.2) is 30.0 Å². The van der Waals surface area contributed by atoms with Gasteiger partial charge in [0.1, 0.15) is 12.0 Å². The molecule has 0 fully saturated rings. The van der Waals surface area contributed by atoms with E-state index in [9.17, 15) is 0 Å². The summed E-state index contributed by atoms with van der Waals surface area (Å²) in [6, 6.07) is 4.11. The molecule has 0 aliphatic carbocycles. The number of anilines is 1. The molecule has 2 aromatic rings. The van der Waals surface area contributed by atoms with Crippen LogP contribution in [-0.2, 0) is 6.42 Å². The number of hydrogen-bond acceptors (Lipinski definition) is 5. The van der Waals surface area contributed by atoms with Crippen molar-refractivity contribution in [2.45, 2.75) is 6.42 Å². The van der Waals surface area contributed by atoms with Crippen molar-refractivity contribution >= 4 is 17.0 Å². The number of nitrogen functional groups attached to an aromatic ring is 1. The second kappa shape index (κ2) is 4.75. The molecule has 2 heterocycles. The lowest BCUT2D eigenvalue weighted by molar-refractivity contribution is 0.312. The van der Waals surface area contributed by atoms with Gasteiger partial charge in [-0.1, -0.05) is 6.07 Å². The minimum Gasteiger partial charge on any atom is -0.476 e. The maximum Gasteiger partial charge on any atom is 0.240 e. The van der Waals surface area contributed by atoms with Gasteiger partial charge in [0.05, 0.1) is 12.8 Å². The predicted octanol–water partition coefficient (Wildman–Crippen LogP) is 1.74. The molecule has 0 atom stereocenters. The Morgan fingerprint density at radius 3 is 3.13 bits per heavy atom. The van der Waals surface area contributed by atoms with E-state index in [1.165, 1.54) is 17.4 Å². The Kier molecular flexibility index (Phi) is 3.14. The summed E-state index contributed by atoms with van der Waals surface area (Å²) in [4.78, 5) is 9.03. The zero-order valence-corrected chi connectivity index (χ0v) is 8.91. The Balaban J connectivity index is 1.86. The molecule has 5 heteroatoms. The highest BCUT2D eigenvalue weighted by Gasteiger charge is 2.01. The zero-order chi connectivity index (χ0) is 10.5. The van der Waals surface area contributed by atoms with E-state index in [1.807, 2.05) is 11.4 Å². The van der Waals surface area contributed by atoms with Crippen LogP contribution in [0.25, 0.3) is 0 Å². The number of thiophene rings is 1. The Hall–Kier alpha value is -1.62. The van der Waals surface area contributed by atoms with Crippen LogP contribution in [0.4, 0.5) is 5.69 Å². The predicted molar refractivity (Wildman–Crippen MR) is 60.0 cm³/mol. The Morgan fingerprint density at radius 1 is 1.47 bits per heavy atom. The summed E-state index contributed by atoms with van der Waals surface area (Å²) in [6.07, 6.45) is 3.84. The highest BCUT2D eigenvalue weighted by molar-refractivity contribution is 7.09. The van der Waals surface area contributed by atoms with E-state index in [4.69, 9.17) is 10.5 Å². The summed E-state index contributed by atoms with van der Waals surface area (Å²) in [6.45, 7) is 0.585. The van der Waals surface area contributed by atoms with Crippen LogP contribution in [0.5, 0.6) is 5.88 Å². The maximum absolute atomic E-state index is 5.63. The van der Waals surface area contributed by atoms with Gasteiger partial charge in [-0.05, 0) is 11.4 Å². The largest absolute Gasteiger partial charge is 0.476 e. The second-order valence-corrected chi connectivity index (χ2v) is 3.99. The van der Waals surface area contributed by atoms with Gasteiger partial charge in [-0.2, -0.15) is 0 Å². The van der Waals surface area contributed by atoms with Crippen molar-refractivity contribution < 1.29 is 4.74 Å². The van der Waals surface area contributed by atoms with Crippen LogP contribution in [0, 0.1) is 0 Å². The minimum atomic E-state index is 0.460. The van der Waals surface area contributed by atoms with Gasteiger partial charge in [0.15, 0.2) is 0 Å². The van der Waals surface area contributed by atoms with Gasteiger partial charge in [-0.3, -0.25) is 0 Å². The number of nitrogens with two attached hydrogens (primary N) is 1. The smallest absolute Gasteiger partial charge is 0.240 e. The minimum absolute atomic E-state index is 0.460. The number of ether oxygens (including phenoxy) is 1. The molecule has 0 saturated heterocycles. The number of nitrogens with zero attached hydrogens (tertiary/aromatic N) is 2. The summed E-state index contributed by atoms with van der Waals surface area (Å²) in [5.74, 6) is 0.460. The first kappa shape index (κ1) is 9.92. The first-order valence-corrected chi connectivity index (χ1v) is 5.45. The molecule has 0 unspecified atom stereocenters. The van der Waals surface area contributed by atoms with Gasteiger partial charge in [0.2, 0.25) is 5.88 Å². The molecule has 15 heavy (non-hydrogen) atoms. The molecule has 2 N–H and O–H groups in total. The van der Waals surface area contributed by atoms with E-state index in [0.29, 0.717) is 18.2 Å². The number of rotatable bonds is 4. The fraction of sp³-hybridized carbons (Fsp3) is 0.200. The topological polar surface area (TPSA) is 61.0 Å². The van der Waals surface area contributed by atoms with Crippen LogP contribution in [0.3, 0.4) is 0 Å². The van der Waals surface area contributed by atoms with Crippen LogP contribution >= 0.6 is 11.3 Å². The van der Waals surface area contributed by atoms with Crippen LogP contribution in [0.2, 0.25) is 0 Å². The van der Waals surface area contributed by atoms with E-state index < -0.39 is 0 Å². The van der Waals surface area contributed by atoms with Crippen molar-refractivity contribution in [1.82, 2.24) is 9.97 Å². The molecule has 0 aromatic carbocycles. The molecule has 0 radical (unpaired) electrons. The van der Waals surface area contributed by atoms with Gasteiger partial charge in [0, 0.05) is 11.3 Å². The van der Waals surface area contributed by atoms with E-state index in [1.54, 1.807) is 11.3 Å². The maximum atomic E-state index is 5.63. The third kappa shape index (κ3) is 2.66. The highest BCUT2D eigenvalue weighted by Crippen LogP contribution is 2.15. The number of hydrogen-bond donors (Lipinski definition) is 1. The lowest BCUT2D eigenvalue weighted by Gasteiger charge is -2.05. The van der Waals surface area contributed by atoms with Crippen molar-refractivity contribution in [1.29, 1.82) is 0 Å². The van der Waals surface area contributed by atoms with E-state index in [-0.39, 0.29) is 0 Å². The van der Waals surface area contributed by atoms with E-state index in [2.05, 4.69) is 16.0 Å². The molecule has 2 aromatic heterocycles. The van der Waals surface area contributed by atoms with Crippen LogP contribution < -0.4 is 10.5 Å². The molecule has 0 aliphatic rings. The Labute approximate surface area is 91.8 Å². The second-order valence-electron chi connectivity index (χ2n) is 2.96. The standard InChI is InChI=1S/C10H11N3OS/c11-9-6-12-7-13-10(9)14-4-3-8-2-1-5-15-8/h1-2,5-7H,3-4,11H2. The zero-order valence-electron chi connectivity index (χ0n) is 8.09. The monoisotopic (exact) mass is 221 g/mol. The first-order valence-electron chi connectivity index (χ1n) is 4.57. The van der Waals surface area contributed by atoms with Gasteiger partial charge in [0.25, 0.3) is 0 Å². The SMILES string of the molecule is Nc1cncnc1OCCc1cccs1. The molecular weight excluding hydrogens is 210 g/mol. The van der Waals surface area contributed by atoms with Crippen molar-refractivity contribution in [3.05, 3.63) is 34.9 Å². The van der Waals surface area contributed by atoms with Gasteiger partial charge in [-0.25, -0.2) is 9.97 Å². The molecular formula is C10H11N3OS. The summed E-state index contributed by atoms with van der Waals surface area (Å²) in [5, 5.41) is 2.05. The van der Waals surface area contributed by atoms with Gasteiger partial charge in [-0.15, -0.1) is 11.3 Å². The highest BCUT2D eigenvalue weighted by atomic mass is 32.1. The molecule has 0 bridgehead atoms. The van der Waals surface area contributed by atoms with Crippen molar-refractivity contribution in [2.75, 3.05) is 12.3 Å². The summed E-state index contributed by atoms with van der Waals surface area (Å²) in [5.41, 5.74) is 6.11. The van der Waals surface area contributed by atoms with Crippen LogP contribution in [0.1, 0.15) is 4.88 Å². The average molecular weight is 221 g/mol. The Bertz CT molecular complexity index is 416. The van der Waals surface area contributed by atoms with Crippen molar-refractivity contribution in [3.8, 4) is 5.88 Å².